The standard InChI is InChI=1S/C22H23N3O3/c1-14-8-9-20(15(2)10-14)28-13-17(26)12-24-21-11-16(3)23-25(21)19-7-5-4-6-18(19)22(24)27/h4-11,17,26H,12-13H2,1-3H3. The van der Waals surface area contributed by atoms with E-state index in [0.29, 0.717) is 11.0 Å². The number of hydrogen-bond donors (Lipinski definition) is 1. The molecule has 2 aromatic heterocycles. The van der Waals surface area contributed by atoms with E-state index in [1.54, 1.807) is 15.1 Å². The molecule has 4 aromatic rings. The summed E-state index contributed by atoms with van der Waals surface area (Å²) in [6.45, 7) is 6.11. The zero-order chi connectivity index (χ0) is 19.8. The van der Waals surface area contributed by atoms with Crippen molar-refractivity contribution in [1.29, 1.82) is 0 Å². The van der Waals surface area contributed by atoms with Crippen LogP contribution < -0.4 is 10.3 Å². The third kappa shape index (κ3) is 3.27. The lowest BCUT2D eigenvalue weighted by Gasteiger charge is -2.17. The van der Waals surface area contributed by atoms with E-state index in [1.807, 2.05) is 63.2 Å². The average Bonchev–Trinajstić information content (AvgIpc) is 3.06. The summed E-state index contributed by atoms with van der Waals surface area (Å²) in [6.07, 6.45) is -0.835. The summed E-state index contributed by atoms with van der Waals surface area (Å²) in [7, 11) is 0. The molecule has 1 unspecified atom stereocenters. The van der Waals surface area contributed by atoms with Crippen LogP contribution in [0.4, 0.5) is 0 Å². The second kappa shape index (κ2) is 7.13. The van der Waals surface area contributed by atoms with E-state index in [1.165, 1.54) is 0 Å². The number of nitrogens with zero attached hydrogens (tertiary/aromatic N) is 3. The molecule has 0 aliphatic rings. The van der Waals surface area contributed by atoms with Crippen LogP contribution in [0.3, 0.4) is 0 Å². The molecule has 0 aliphatic heterocycles. The number of ether oxygens (including phenoxy) is 1. The van der Waals surface area contributed by atoms with Gasteiger partial charge in [0.25, 0.3) is 5.56 Å². The first-order valence-corrected chi connectivity index (χ1v) is 9.30. The molecular weight excluding hydrogens is 354 g/mol. The fourth-order valence-electron chi connectivity index (χ4n) is 3.53. The largest absolute Gasteiger partial charge is 0.491 e. The smallest absolute Gasteiger partial charge is 0.261 e. The molecule has 0 amide bonds. The normalized spacial score (nSPS) is 12.6. The van der Waals surface area contributed by atoms with Gasteiger partial charge in [0.1, 0.15) is 24.1 Å². The highest BCUT2D eigenvalue weighted by Gasteiger charge is 2.16. The second-order valence-electron chi connectivity index (χ2n) is 7.22. The van der Waals surface area contributed by atoms with E-state index in [2.05, 4.69) is 5.10 Å². The van der Waals surface area contributed by atoms with Crippen LogP contribution in [-0.2, 0) is 6.54 Å². The molecule has 28 heavy (non-hydrogen) atoms. The highest BCUT2D eigenvalue weighted by molar-refractivity contribution is 5.80. The van der Waals surface area contributed by atoms with Crippen LogP contribution in [0.1, 0.15) is 16.8 Å². The van der Waals surface area contributed by atoms with E-state index in [4.69, 9.17) is 4.74 Å². The Kier molecular flexibility index (Phi) is 4.65. The Hall–Kier alpha value is -3.12. The van der Waals surface area contributed by atoms with E-state index >= 15 is 0 Å². The quantitative estimate of drug-likeness (QED) is 0.580. The van der Waals surface area contributed by atoms with Crippen LogP contribution in [0.2, 0.25) is 0 Å². The maximum absolute atomic E-state index is 13.0. The Morgan fingerprint density at radius 2 is 1.89 bits per heavy atom. The number of para-hydroxylation sites is 1. The van der Waals surface area contributed by atoms with Crippen molar-refractivity contribution in [2.45, 2.75) is 33.4 Å². The molecule has 2 heterocycles. The van der Waals surface area contributed by atoms with Gasteiger partial charge in [0.05, 0.1) is 23.1 Å². The first-order chi connectivity index (χ1) is 13.4. The van der Waals surface area contributed by atoms with Gasteiger partial charge >= 0.3 is 0 Å². The lowest BCUT2D eigenvalue weighted by Crippen LogP contribution is -2.31. The number of aryl methyl sites for hydroxylation is 3. The molecule has 144 valence electrons. The topological polar surface area (TPSA) is 68.8 Å². The number of aliphatic hydroxyl groups excluding tert-OH is 1. The molecule has 4 rings (SSSR count). The van der Waals surface area contributed by atoms with Gasteiger partial charge in [-0.1, -0.05) is 29.8 Å². The zero-order valence-electron chi connectivity index (χ0n) is 16.2. The molecule has 1 N–H and O–H groups in total. The second-order valence-corrected chi connectivity index (χ2v) is 7.22. The third-order valence-corrected chi connectivity index (χ3v) is 4.85. The summed E-state index contributed by atoms with van der Waals surface area (Å²) in [6, 6.07) is 15.1. The summed E-state index contributed by atoms with van der Waals surface area (Å²) >= 11 is 0. The predicted octanol–water partition coefficient (Wildman–Crippen LogP) is 3.01. The van der Waals surface area contributed by atoms with Crippen molar-refractivity contribution in [2.75, 3.05) is 6.61 Å². The molecule has 0 fully saturated rings. The van der Waals surface area contributed by atoms with Crippen LogP contribution in [0, 0.1) is 20.8 Å². The van der Waals surface area contributed by atoms with Gasteiger partial charge in [-0.2, -0.15) is 5.10 Å². The monoisotopic (exact) mass is 377 g/mol. The van der Waals surface area contributed by atoms with Crippen LogP contribution >= 0.6 is 0 Å². The van der Waals surface area contributed by atoms with Crippen LogP contribution in [0.15, 0.2) is 53.3 Å². The number of fused-ring (bicyclic) bond motifs is 3. The minimum Gasteiger partial charge on any atom is -0.491 e. The van der Waals surface area contributed by atoms with Gasteiger partial charge in [0, 0.05) is 6.07 Å². The van der Waals surface area contributed by atoms with E-state index in [-0.39, 0.29) is 18.7 Å². The van der Waals surface area contributed by atoms with Crippen molar-refractivity contribution in [2.24, 2.45) is 0 Å². The number of aromatic nitrogens is 3. The molecule has 0 radical (unpaired) electrons. The van der Waals surface area contributed by atoms with Gasteiger partial charge in [0.2, 0.25) is 0 Å². The summed E-state index contributed by atoms with van der Waals surface area (Å²) in [5.74, 6) is 0.737. The predicted molar refractivity (Wildman–Crippen MR) is 109 cm³/mol. The van der Waals surface area contributed by atoms with E-state index in [0.717, 1.165) is 28.1 Å². The fraction of sp³-hybridized carbons (Fsp3) is 0.273. The Balaban J connectivity index is 1.65. The van der Waals surface area contributed by atoms with Crippen molar-refractivity contribution in [3.05, 3.63) is 75.7 Å². The van der Waals surface area contributed by atoms with Crippen molar-refractivity contribution in [1.82, 2.24) is 14.2 Å². The van der Waals surface area contributed by atoms with Crippen molar-refractivity contribution in [3.8, 4) is 5.75 Å². The highest BCUT2D eigenvalue weighted by atomic mass is 16.5. The van der Waals surface area contributed by atoms with Crippen LogP contribution in [0.25, 0.3) is 16.6 Å². The maximum Gasteiger partial charge on any atom is 0.261 e. The minimum atomic E-state index is -0.835. The number of benzene rings is 2. The summed E-state index contributed by atoms with van der Waals surface area (Å²) in [5, 5.41) is 15.6. The Morgan fingerprint density at radius 1 is 1.11 bits per heavy atom. The van der Waals surface area contributed by atoms with Gasteiger partial charge in [0.15, 0.2) is 0 Å². The Bertz CT molecular complexity index is 1220. The van der Waals surface area contributed by atoms with E-state index < -0.39 is 6.10 Å². The van der Waals surface area contributed by atoms with Gasteiger partial charge in [-0.15, -0.1) is 0 Å². The van der Waals surface area contributed by atoms with Crippen molar-refractivity contribution < 1.29 is 9.84 Å². The molecule has 0 saturated heterocycles. The van der Waals surface area contributed by atoms with Gasteiger partial charge in [-0.25, -0.2) is 4.52 Å². The van der Waals surface area contributed by atoms with Crippen LogP contribution in [-0.4, -0.2) is 32.0 Å². The first-order valence-electron chi connectivity index (χ1n) is 9.30. The van der Waals surface area contributed by atoms with Crippen LogP contribution in [0.5, 0.6) is 5.75 Å². The molecule has 0 aliphatic carbocycles. The van der Waals surface area contributed by atoms with Gasteiger partial charge in [-0.3, -0.25) is 9.36 Å². The molecule has 6 nitrogen and oxygen atoms in total. The van der Waals surface area contributed by atoms with Gasteiger partial charge in [-0.05, 0) is 44.5 Å². The number of hydrogen-bond acceptors (Lipinski definition) is 4. The molecule has 2 aromatic carbocycles. The Morgan fingerprint density at radius 3 is 2.68 bits per heavy atom. The Labute approximate surface area is 162 Å². The molecule has 0 spiro atoms. The fourth-order valence-corrected chi connectivity index (χ4v) is 3.53. The number of aliphatic hydroxyl groups is 1. The lowest BCUT2D eigenvalue weighted by molar-refractivity contribution is 0.0922. The first kappa shape index (κ1) is 18.3. The lowest BCUT2D eigenvalue weighted by atomic mass is 10.1. The summed E-state index contributed by atoms with van der Waals surface area (Å²) in [4.78, 5) is 13.0. The summed E-state index contributed by atoms with van der Waals surface area (Å²) in [5.41, 5.74) is 4.26. The third-order valence-electron chi connectivity index (χ3n) is 4.85. The summed E-state index contributed by atoms with van der Waals surface area (Å²) < 4.78 is 9.10. The average molecular weight is 377 g/mol. The van der Waals surface area contributed by atoms with E-state index in [9.17, 15) is 9.90 Å². The SMILES string of the molecule is Cc1ccc(OCC(O)Cn2c(=O)c3ccccc3n3nc(C)cc23)c(C)c1. The maximum atomic E-state index is 13.0. The van der Waals surface area contributed by atoms with Crippen molar-refractivity contribution >= 4 is 16.6 Å². The van der Waals surface area contributed by atoms with Gasteiger partial charge < -0.3 is 9.84 Å². The molecule has 0 saturated carbocycles. The molecule has 0 bridgehead atoms. The minimum absolute atomic E-state index is 0.0996. The zero-order valence-corrected chi connectivity index (χ0v) is 16.2. The van der Waals surface area contributed by atoms with Crippen molar-refractivity contribution in [3.63, 3.8) is 0 Å². The molecular formula is C22H23N3O3. The molecule has 1 atom stereocenters. The molecule has 6 heteroatoms. The highest BCUT2D eigenvalue weighted by Crippen LogP contribution is 2.19. The number of rotatable bonds is 5.